The van der Waals surface area contributed by atoms with Crippen LogP contribution in [0.2, 0.25) is 0 Å². The number of unbranched alkanes of at least 4 members (excludes halogenated alkanes) is 10. The van der Waals surface area contributed by atoms with Crippen molar-refractivity contribution in [1.82, 2.24) is 0 Å². The van der Waals surface area contributed by atoms with Crippen LogP contribution in [0, 0.1) is 6.92 Å². The largest absolute Gasteiger partial charge is 0.393 e. The van der Waals surface area contributed by atoms with Crippen LogP contribution in [0.4, 0.5) is 0 Å². The first-order valence-electron chi connectivity index (χ1n) is 11.7. The molecule has 1 aromatic rings. The summed E-state index contributed by atoms with van der Waals surface area (Å²) in [6.07, 6.45) is 12.9. The minimum Gasteiger partial charge on any atom is -0.393 e. The zero-order valence-corrected chi connectivity index (χ0v) is 19.7. The van der Waals surface area contributed by atoms with Gasteiger partial charge in [0, 0.05) is 6.42 Å². The number of aliphatic hydroxyl groups is 2. The quantitative estimate of drug-likeness (QED) is 0.231. The zero-order valence-electron chi connectivity index (χ0n) is 18.9. The highest BCUT2D eigenvalue weighted by molar-refractivity contribution is 7.86. The maximum absolute atomic E-state index is 12.1. The van der Waals surface area contributed by atoms with Crippen LogP contribution in [0.15, 0.2) is 29.2 Å². The van der Waals surface area contributed by atoms with Gasteiger partial charge in [0.25, 0.3) is 10.1 Å². The van der Waals surface area contributed by atoms with Crippen molar-refractivity contribution < 1.29 is 22.8 Å². The first-order chi connectivity index (χ1) is 14.3. The van der Waals surface area contributed by atoms with E-state index < -0.39 is 22.3 Å². The summed E-state index contributed by atoms with van der Waals surface area (Å²) >= 11 is 0. The Morgan fingerprint density at radius 3 is 1.83 bits per heavy atom. The van der Waals surface area contributed by atoms with Gasteiger partial charge in [0.2, 0.25) is 0 Å². The first kappa shape index (κ1) is 27.1. The van der Waals surface area contributed by atoms with Crippen molar-refractivity contribution in [2.75, 3.05) is 6.61 Å². The Labute approximate surface area is 184 Å². The molecular formula is C24H42O5S. The molecule has 1 rings (SSSR count). The van der Waals surface area contributed by atoms with Gasteiger partial charge in [-0.15, -0.1) is 0 Å². The van der Waals surface area contributed by atoms with Gasteiger partial charge in [0.1, 0.15) is 0 Å². The summed E-state index contributed by atoms with van der Waals surface area (Å²) in [7, 11) is -3.89. The molecule has 0 bridgehead atoms. The third kappa shape index (κ3) is 12.7. The second kappa shape index (κ2) is 15.8. The van der Waals surface area contributed by atoms with E-state index in [0.717, 1.165) is 18.4 Å². The van der Waals surface area contributed by atoms with Gasteiger partial charge in [-0.2, -0.15) is 8.42 Å². The molecule has 0 aliphatic carbocycles. The Balaban J connectivity index is 2.07. The molecule has 0 saturated carbocycles. The summed E-state index contributed by atoms with van der Waals surface area (Å²) in [4.78, 5) is 0.0711. The van der Waals surface area contributed by atoms with Gasteiger partial charge in [-0.25, -0.2) is 0 Å². The van der Waals surface area contributed by atoms with Crippen molar-refractivity contribution in [3.63, 3.8) is 0 Å². The molecule has 0 aliphatic heterocycles. The molecule has 0 radical (unpaired) electrons. The fourth-order valence-corrected chi connectivity index (χ4v) is 4.43. The predicted molar refractivity (Wildman–Crippen MR) is 122 cm³/mol. The highest BCUT2D eigenvalue weighted by Crippen LogP contribution is 2.16. The van der Waals surface area contributed by atoms with Crippen molar-refractivity contribution >= 4 is 10.1 Å². The van der Waals surface area contributed by atoms with E-state index in [0.29, 0.717) is 6.42 Å². The Morgan fingerprint density at radius 1 is 0.800 bits per heavy atom. The van der Waals surface area contributed by atoms with Crippen molar-refractivity contribution in [3.8, 4) is 0 Å². The van der Waals surface area contributed by atoms with E-state index in [1.807, 2.05) is 6.92 Å². The van der Waals surface area contributed by atoms with Crippen LogP contribution in [0.3, 0.4) is 0 Å². The smallest absolute Gasteiger partial charge is 0.297 e. The van der Waals surface area contributed by atoms with Crippen LogP contribution >= 0.6 is 0 Å². The third-order valence-corrected chi connectivity index (χ3v) is 6.71. The topological polar surface area (TPSA) is 83.8 Å². The number of benzene rings is 1. The monoisotopic (exact) mass is 442 g/mol. The molecular weight excluding hydrogens is 400 g/mol. The van der Waals surface area contributed by atoms with Crippen LogP contribution in [0.25, 0.3) is 0 Å². The van der Waals surface area contributed by atoms with Crippen molar-refractivity contribution in [2.45, 2.75) is 114 Å². The van der Waals surface area contributed by atoms with Crippen molar-refractivity contribution in [3.05, 3.63) is 29.8 Å². The molecule has 0 unspecified atom stereocenters. The lowest BCUT2D eigenvalue weighted by molar-refractivity contribution is 0.0463. The van der Waals surface area contributed by atoms with Gasteiger partial charge in [-0.3, -0.25) is 4.18 Å². The lowest BCUT2D eigenvalue weighted by Gasteiger charge is -2.16. The van der Waals surface area contributed by atoms with Crippen LogP contribution in [0.1, 0.15) is 96.0 Å². The minimum absolute atomic E-state index is 0.0711. The van der Waals surface area contributed by atoms with E-state index in [1.165, 1.54) is 69.9 Å². The number of aliphatic hydroxyl groups excluding tert-OH is 2. The molecule has 30 heavy (non-hydrogen) atoms. The highest BCUT2D eigenvalue weighted by atomic mass is 32.2. The fourth-order valence-electron chi connectivity index (χ4n) is 3.49. The average Bonchev–Trinajstić information content (AvgIpc) is 2.71. The molecule has 0 aromatic heterocycles. The van der Waals surface area contributed by atoms with Crippen molar-refractivity contribution in [1.29, 1.82) is 0 Å². The number of hydrogen-bond acceptors (Lipinski definition) is 5. The Hall–Kier alpha value is -0.950. The van der Waals surface area contributed by atoms with Crippen LogP contribution in [0.5, 0.6) is 0 Å². The summed E-state index contributed by atoms with van der Waals surface area (Å²) in [6, 6.07) is 6.37. The zero-order chi connectivity index (χ0) is 22.2. The first-order valence-corrected chi connectivity index (χ1v) is 13.1. The minimum atomic E-state index is -3.89. The molecule has 2 atom stereocenters. The molecule has 0 aliphatic rings. The van der Waals surface area contributed by atoms with Gasteiger partial charge in [-0.1, -0.05) is 95.2 Å². The SMILES string of the molecule is CCCCCCCCCCCCC[C@@H](O)C[C@H](O)COS(=O)(=O)c1ccc(C)cc1. The third-order valence-electron chi connectivity index (χ3n) is 5.41. The lowest BCUT2D eigenvalue weighted by atomic mass is 10.0. The van der Waals surface area contributed by atoms with Crippen LogP contribution in [-0.2, 0) is 14.3 Å². The summed E-state index contributed by atoms with van der Waals surface area (Å²) in [5.41, 5.74) is 0.958. The number of aryl methyl sites for hydroxylation is 1. The van der Waals surface area contributed by atoms with E-state index in [1.54, 1.807) is 12.1 Å². The van der Waals surface area contributed by atoms with Gasteiger partial charge < -0.3 is 10.2 Å². The number of hydrogen-bond donors (Lipinski definition) is 2. The lowest BCUT2D eigenvalue weighted by Crippen LogP contribution is -2.24. The molecule has 6 heteroatoms. The maximum atomic E-state index is 12.1. The van der Waals surface area contributed by atoms with Crippen LogP contribution < -0.4 is 0 Å². The standard InChI is InChI=1S/C24H42O5S/c1-3-4-5-6-7-8-9-10-11-12-13-14-22(25)19-23(26)20-29-30(27,28)24-17-15-21(2)16-18-24/h15-18,22-23,25-26H,3-14,19-20H2,1-2H3/t22-,23+/m1/s1. The average molecular weight is 443 g/mol. The molecule has 0 spiro atoms. The van der Waals surface area contributed by atoms with Gasteiger partial charge in [0.15, 0.2) is 0 Å². The molecule has 1 aromatic carbocycles. The predicted octanol–water partition coefficient (Wildman–Crippen LogP) is 5.51. The molecule has 0 fully saturated rings. The normalized spacial score (nSPS) is 14.0. The number of rotatable bonds is 18. The Morgan fingerprint density at radius 2 is 1.30 bits per heavy atom. The van der Waals surface area contributed by atoms with E-state index in [2.05, 4.69) is 6.92 Å². The second-order valence-corrected chi connectivity index (χ2v) is 10.0. The molecule has 0 amide bonds. The Kier molecular flexibility index (Phi) is 14.3. The molecule has 0 heterocycles. The van der Waals surface area contributed by atoms with E-state index in [9.17, 15) is 18.6 Å². The van der Waals surface area contributed by atoms with E-state index in [-0.39, 0.29) is 17.9 Å². The molecule has 174 valence electrons. The molecule has 5 nitrogen and oxygen atoms in total. The molecule has 0 saturated heterocycles. The summed E-state index contributed by atoms with van der Waals surface area (Å²) in [6.45, 7) is 3.77. The van der Waals surface area contributed by atoms with Crippen LogP contribution in [-0.4, -0.2) is 37.4 Å². The molecule has 2 N–H and O–H groups in total. The van der Waals surface area contributed by atoms with Gasteiger partial charge in [0.05, 0.1) is 23.7 Å². The summed E-state index contributed by atoms with van der Waals surface area (Å²) < 4.78 is 29.2. The highest BCUT2D eigenvalue weighted by Gasteiger charge is 2.19. The summed E-state index contributed by atoms with van der Waals surface area (Å²) in [5.74, 6) is 0. The second-order valence-electron chi connectivity index (χ2n) is 8.42. The summed E-state index contributed by atoms with van der Waals surface area (Å²) in [5, 5.41) is 20.1. The maximum Gasteiger partial charge on any atom is 0.297 e. The van der Waals surface area contributed by atoms with Gasteiger partial charge >= 0.3 is 0 Å². The fraction of sp³-hybridized carbons (Fsp3) is 0.750. The van der Waals surface area contributed by atoms with Crippen molar-refractivity contribution in [2.24, 2.45) is 0 Å². The Bertz CT molecular complexity index is 642. The van der Waals surface area contributed by atoms with Gasteiger partial charge in [-0.05, 0) is 25.5 Å². The van der Waals surface area contributed by atoms with E-state index >= 15 is 0 Å². The van der Waals surface area contributed by atoms with E-state index in [4.69, 9.17) is 4.18 Å².